The number of sulfonamides is 1. The maximum Gasteiger partial charge on any atom is 0.220 e. The Labute approximate surface area is 129 Å². The number of fused-ring (bicyclic) bond motifs is 1. The van der Waals surface area contributed by atoms with Crippen LogP contribution < -0.4 is 0 Å². The van der Waals surface area contributed by atoms with Gasteiger partial charge in [0.2, 0.25) is 10.0 Å². The smallest absolute Gasteiger partial charge is 0.220 e. The molecule has 2 fully saturated rings. The van der Waals surface area contributed by atoms with Gasteiger partial charge in [-0.2, -0.15) is 0 Å². The number of hydrogen-bond donors (Lipinski definition) is 0. The highest BCUT2D eigenvalue weighted by atomic mass is 32.2. The van der Waals surface area contributed by atoms with E-state index in [2.05, 4.69) is 5.16 Å². The predicted molar refractivity (Wildman–Crippen MR) is 83.7 cm³/mol. The van der Waals surface area contributed by atoms with E-state index in [1.54, 1.807) is 15.9 Å². The molecule has 1 aliphatic carbocycles. The maximum absolute atomic E-state index is 12.6. The molecule has 22 heavy (non-hydrogen) atoms. The normalized spacial score (nSPS) is 19.8. The second kappa shape index (κ2) is 5.21. The topological polar surface area (TPSA) is 63.4 Å². The Morgan fingerprint density at radius 3 is 2.45 bits per heavy atom. The SMILES string of the molecule is O=S(=O)(Cc1noc2ccccc12)N1CCC(=C2CC2)CC1. The summed E-state index contributed by atoms with van der Waals surface area (Å²) in [6, 6.07) is 7.37. The first-order chi connectivity index (χ1) is 10.6. The first-order valence-corrected chi connectivity index (χ1v) is 9.25. The zero-order valence-corrected chi connectivity index (χ0v) is 13.1. The molecule has 2 aliphatic rings. The molecule has 1 aromatic carbocycles. The molecule has 0 N–H and O–H groups in total. The van der Waals surface area contributed by atoms with E-state index < -0.39 is 10.0 Å². The number of hydrogen-bond acceptors (Lipinski definition) is 4. The summed E-state index contributed by atoms with van der Waals surface area (Å²) in [6.07, 6.45) is 4.20. The number of benzene rings is 1. The monoisotopic (exact) mass is 318 g/mol. The second-order valence-electron chi connectivity index (χ2n) is 5.99. The van der Waals surface area contributed by atoms with Crippen LogP contribution in [0.5, 0.6) is 0 Å². The highest BCUT2D eigenvalue weighted by Crippen LogP contribution is 2.36. The third kappa shape index (κ3) is 2.57. The number of para-hydroxylation sites is 1. The standard InChI is InChI=1S/C16H18N2O3S/c19-22(20,18-9-7-13(8-10-18)12-5-6-12)11-15-14-3-1-2-4-16(14)21-17-15/h1-4H,5-11H2. The van der Waals surface area contributed by atoms with Gasteiger partial charge >= 0.3 is 0 Å². The minimum absolute atomic E-state index is 0.0874. The zero-order valence-electron chi connectivity index (χ0n) is 12.3. The fourth-order valence-corrected chi connectivity index (χ4v) is 4.59. The minimum atomic E-state index is -3.34. The molecule has 0 radical (unpaired) electrons. The Morgan fingerprint density at radius 2 is 1.73 bits per heavy atom. The Balaban J connectivity index is 1.53. The molecule has 2 aromatic rings. The molecule has 1 aliphatic heterocycles. The molecule has 0 atom stereocenters. The lowest BCUT2D eigenvalue weighted by atomic mass is 10.1. The highest BCUT2D eigenvalue weighted by Gasteiger charge is 2.29. The molecule has 5 nitrogen and oxygen atoms in total. The van der Waals surface area contributed by atoms with Gasteiger partial charge in [0.1, 0.15) is 11.4 Å². The summed E-state index contributed by atoms with van der Waals surface area (Å²) in [7, 11) is -3.34. The van der Waals surface area contributed by atoms with Gasteiger partial charge in [-0.05, 0) is 37.8 Å². The van der Waals surface area contributed by atoms with Crippen molar-refractivity contribution in [2.24, 2.45) is 0 Å². The van der Waals surface area contributed by atoms with Gasteiger partial charge in [0, 0.05) is 18.5 Å². The summed E-state index contributed by atoms with van der Waals surface area (Å²) in [4.78, 5) is 0. The lowest BCUT2D eigenvalue weighted by Crippen LogP contribution is -2.37. The van der Waals surface area contributed by atoms with Crippen LogP contribution >= 0.6 is 0 Å². The Hall–Kier alpha value is -1.66. The summed E-state index contributed by atoms with van der Waals surface area (Å²) >= 11 is 0. The number of aromatic nitrogens is 1. The fraction of sp³-hybridized carbons (Fsp3) is 0.438. The molecule has 0 amide bonds. The van der Waals surface area contributed by atoms with Crippen molar-refractivity contribution in [3.63, 3.8) is 0 Å². The van der Waals surface area contributed by atoms with E-state index in [0.29, 0.717) is 24.4 Å². The highest BCUT2D eigenvalue weighted by molar-refractivity contribution is 7.88. The molecule has 0 bridgehead atoms. The van der Waals surface area contributed by atoms with Crippen molar-refractivity contribution in [2.45, 2.75) is 31.4 Å². The molecule has 2 heterocycles. The van der Waals surface area contributed by atoms with Crippen LogP contribution in [0, 0.1) is 0 Å². The Morgan fingerprint density at radius 1 is 1.05 bits per heavy atom. The van der Waals surface area contributed by atoms with Crippen LogP contribution in [-0.4, -0.2) is 31.0 Å². The van der Waals surface area contributed by atoms with Crippen LogP contribution in [0.4, 0.5) is 0 Å². The average Bonchev–Trinajstić information content (AvgIpc) is 3.31. The van der Waals surface area contributed by atoms with Crippen LogP contribution in [-0.2, 0) is 15.8 Å². The van der Waals surface area contributed by atoms with Crippen LogP contribution in [0.1, 0.15) is 31.4 Å². The van der Waals surface area contributed by atoms with Gasteiger partial charge in [-0.3, -0.25) is 0 Å². The quantitative estimate of drug-likeness (QED) is 0.816. The van der Waals surface area contributed by atoms with E-state index in [1.165, 1.54) is 18.4 Å². The van der Waals surface area contributed by atoms with Crippen LogP contribution in [0.25, 0.3) is 11.0 Å². The third-order valence-corrected chi connectivity index (χ3v) is 6.28. The zero-order chi connectivity index (χ0) is 15.2. The number of piperidine rings is 1. The molecule has 0 spiro atoms. The molecular formula is C16H18N2O3S. The summed E-state index contributed by atoms with van der Waals surface area (Å²) in [5, 5.41) is 4.72. The molecule has 1 saturated heterocycles. The molecule has 0 unspecified atom stereocenters. The van der Waals surface area contributed by atoms with Crippen LogP contribution in [0.2, 0.25) is 0 Å². The van der Waals surface area contributed by atoms with E-state index in [0.717, 1.165) is 18.2 Å². The van der Waals surface area contributed by atoms with Crippen molar-refractivity contribution in [3.05, 3.63) is 41.1 Å². The third-order valence-electron chi connectivity index (χ3n) is 4.49. The molecule has 1 saturated carbocycles. The summed E-state index contributed by atoms with van der Waals surface area (Å²) in [5.74, 6) is -0.0874. The van der Waals surface area contributed by atoms with Crippen molar-refractivity contribution < 1.29 is 12.9 Å². The van der Waals surface area contributed by atoms with Crippen LogP contribution in [0.3, 0.4) is 0 Å². The van der Waals surface area contributed by atoms with Crippen molar-refractivity contribution in [2.75, 3.05) is 13.1 Å². The summed E-state index contributed by atoms with van der Waals surface area (Å²) in [6.45, 7) is 1.19. The Kier molecular flexibility index (Phi) is 3.31. The van der Waals surface area contributed by atoms with Gasteiger partial charge < -0.3 is 4.52 Å². The lowest BCUT2D eigenvalue weighted by Gasteiger charge is -2.27. The van der Waals surface area contributed by atoms with E-state index in [1.807, 2.05) is 18.2 Å². The van der Waals surface area contributed by atoms with Crippen LogP contribution in [0.15, 0.2) is 39.9 Å². The first kappa shape index (κ1) is 14.0. The molecular weight excluding hydrogens is 300 g/mol. The average molecular weight is 318 g/mol. The molecule has 1 aromatic heterocycles. The summed E-state index contributed by atoms with van der Waals surface area (Å²) in [5.41, 5.74) is 4.17. The molecule has 6 heteroatoms. The van der Waals surface area contributed by atoms with Crippen molar-refractivity contribution in [1.29, 1.82) is 0 Å². The molecule has 116 valence electrons. The van der Waals surface area contributed by atoms with Gasteiger partial charge in [-0.25, -0.2) is 12.7 Å². The Bertz CT molecular complexity index is 835. The van der Waals surface area contributed by atoms with Gasteiger partial charge in [0.15, 0.2) is 5.58 Å². The van der Waals surface area contributed by atoms with Gasteiger partial charge in [0.05, 0.1) is 0 Å². The van der Waals surface area contributed by atoms with Gasteiger partial charge in [-0.15, -0.1) is 0 Å². The van der Waals surface area contributed by atoms with Crippen molar-refractivity contribution in [1.82, 2.24) is 9.46 Å². The lowest BCUT2D eigenvalue weighted by molar-refractivity contribution is 0.384. The number of rotatable bonds is 3. The first-order valence-electron chi connectivity index (χ1n) is 7.64. The molecule has 4 rings (SSSR count). The van der Waals surface area contributed by atoms with Crippen molar-refractivity contribution in [3.8, 4) is 0 Å². The number of allylic oxidation sites excluding steroid dienone is 1. The summed E-state index contributed by atoms with van der Waals surface area (Å²) < 4.78 is 32.0. The maximum atomic E-state index is 12.6. The fourth-order valence-electron chi connectivity index (χ4n) is 3.11. The van der Waals surface area contributed by atoms with E-state index in [9.17, 15) is 8.42 Å². The predicted octanol–water partition coefficient (Wildman–Crippen LogP) is 2.84. The van der Waals surface area contributed by atoms with Gasteiger partial charge in [0.25, 0.3) is 0 Å². The van der Waals surface area contributed by atoms with Crippen molar-refractivity contribution >= 4 is 21.0 Å². The van der Waals surface area contributed by atoms with E-state index in [4.69, 9.17) is 4.52 Å². The van der Waals surface area contributed by atoms with E-state index >= 15 is 0 Å². The van der Waals surface area contributed by atoms with E-state index in [-0.39, 0.29) is 5.75 Å². The van der Waals surface area contributed by atoms with Gasteiger partial charge in [-0.1, -0.05) is 28.4 Å². The second-order valence-corrected chi connectivity index (χ2v) is 7.96. The number of nitrogens with zero attached hydrogens (tertiary/aromatic N) is 2. The minimum Gasteiger partial charge on any atom is -0.356 e. The largest absolute Gasteiger partial charge is 0.356 e.